The number of hydrogen-bond acceptors (Lipinski definition) is 2. The lowest BCUT2D eigenvalue weighted by atomic mass is 9.94. The summed E-state index contributed by atoms with van der Waals surface area (Å²) < 4.78 is 0. The van der Waals surface area contributed by atoms with Crippen LogP contribution in [0.1, 0.15) is 18.0 Å². The van der Waals surface area contributed by atoms with Gasteiger partial charge in [-0.05, 0) is 50.2 Å². The molecule has 0 aliphatic carbocycles. The smallest absolute Gasteiger partial charge is 0.0406 e. The van der Waals surface area contributed by atoms with E-state index in [4.69, 9.17) is 17.3 Å². The molecule has 2 unspecified atom stereocenters. The second kappa shape index (κ2) is 4.52. The highest BCUT2D eigenvalue weighted by Gasteiger charge is 2.31. The zero-order chi connectivity index (χ0) is 10.8. The fourth-order valence-corrected chi connectivity index (χ4v) is 2.59. The normalized spacial score (nSPS) is 27.1. The first-order chi connectivity index (χ1) is 7.22. The molecule has 2 rings (SSSR count). The largest absolute Gasteiger partial charge is 0.330 e. The number of nitrogens with zero attached hydrogens (tertiary/aromatic N) is 1. The summed E-state index contributed by atoms with van der Waals surface area (Å²) in [5.74, 6) is 0.580. The van der Waals surface area contributed by atoms with Crippen LogP contribution in [-0.2, 0) is 0 Å². The fourth-order valence-electron chi connectivity index (χ4n) is 2.46. The molecule has 0 amide bonds. The van der Waals surface area contributed by atoms with Crippen molar-refractivity contribution in [2.75, 3.05) is 20.1 Å². The Morgan fingerprint density at radius 1 is 1.40 bits per heavy atom. The van der Waals surface area contributed by atoms with Gasteiger partial charge in [-0.1, -0.05) is 23.7 Å². The Kier molecular flexibility index (Phi) is 3.29. The van der Waals surface area contributed by atoms with Gasteiger partial charge in [0, 0.05) is 11.1 Å². The predicted molar refractivity (Wildman–Crippen MR) is 64.0 cm³/mol. The van der Waals surface area contributed by atoms with E-state index in [9.17, 15) is 0 Å². The van der Waals surface area contributed by atoms with Gasteiger partial charge in [-0.3, -0.25) is 4.90 Å². The Morgan fingerprint density at radius 2 is 2.07 bits per heavy atom. The topological polar surface area (TPSA) is 29.3 Å². The van der Waals surface area contributed by atoms with E-state index in [1.807, 2.05) is 12.1 Å². The molecule has 2 atom stereocenters. The molecule has 0 spiro atoms. The monoisotopic (exact) mass is 224 g/mol. The summed E-state index contributed by atoms with van der Waals surface area (Å²) in [5, 5.41) is 0.795. The van der Waals surface area contributed by atoms with Crippen LogP contribution in [0.5, 0.6) is 0 Å². The van der Waals surface area contributed by atoms with Crippen LogP contribution < -0.4 is 5.73 Å². The molecule has 1 aliphatic heterocycles. The highest BCUT2D eigenvalue weighted by molar-refractivity contribution is 6.30. The van der Waals surface area contributed by atoms with Crippen molar-refractivity contribution < 1.29 is 0 Å². The summed E-state index contributed by atoms with van der Waals surface area (Å²) in [6.07, 6.45) is 1.19. The SMILES string of the molecule is CN1CCC(CN)C1c1ccc(Cl)cc1. The molecule has 3 heteroatoms. The van der Waals surface area contributed by atoms with E-state index in [-0.39, 0.29) is 0 Å². The van der Waals surface area contributed by atoms with Gasteiger partial charge in [0.2, 0.25) is 0 Å². The molecule has 1 fully saturated rings. The summed E-state index contributed by atoms with van der Waals surface area (Å²) >= 11 is 5.89. The lowest BCUT2D eigenvalue weighted by molar-refractivity contribution is 0.279. The van der Waals surface area contributed by atoms with E-state index >= 15 is 0 Å². The summed E-state index contributed by atoms with van der Waals surface area (Å²) in [5.41, 5.74) is 7.13. The second-order valence-electron chi connectivity index (χ2n) is 4.26. The van der Waals surface area contributed by atoms with Crippen molar-refractivity contribution in [2.45, 2.75) is 12.5 Å². The molecule has 0 aromatic heterocycles. The van der Waals surface area contributed by atoms with Crippen LogP contribution in [0.3, 0.4) is 0 Å². The molecule has 2 nitrogen and oxygen atoms in total. The molecule has 1 aliphatic rings. The number of halogens is 1. The predicted octanol–water partition coefficient (Wildman–Crippen LogP) is 2.29. The Balaban J connectivity index is 2.24. The van der Waals surface area contributed by atoms with Gasteiger partial charge in [0.15, 0.2) is 0 Å². The van der Waals surface area contributed by atoms with Crippen LogP contribution in [0.15, 0.2) is 24.3 Å². The van der Waals surface area contributed by atoms with Gasteiger partial charge in [-0.25, -0.2) is 0 Å². The van der Waals surface area contributed by atoms with E-state index in [2.05, 4.69) is 24.1 Å². The van der Waals surface area contributed by atoms with Crippen molar-refractivity contribution in [3.8, 4) is 0 Å². The molecule has 0 saturated carbocycles. The minimum Gasteiger partial charge on any atom is -0.330 e. The zero-order valence-electron chi connectivity index (χ0n) is 8.99. The Morgan fingerprint density at radius 3 is 2.67 bits per heavy atom. The number of hydrogen-bond donors (Lipinski definition) is 1. The average Bonchev–Trinajstić information content (AvgIpc) is 2.61. The van der Waals surface area contributed by atoms with Crippen molar-refractivity contribution in [1.82, 2.24) is 4.90 Å². The number of nitrogens with two attached hydrogens (primary N) is 1. The Hall–Kier alpha value is -0.570. The molecule has 0 bridgehead atoms. The van der Waals surface area contributed by atoms with Crippen LogP contribution in [-0.4, -0.2) is 25.0 Å². The summed E-state index contributed by atoms with van der Waals surface area (Å²) in [7, 11) is 2.16. The van der Waals surface area contributed by atoms with Crippen LogP contribution in [0, 0.1) is 5.92 Å². The molecule has 0 radical (unpaired) electrons. The number of likely N-dealkylation sites (tertiary alicyclic amines) is 1. The third kappa shape index (κ3) is 2.17. The van der Waals surface area contributed by atoms with Crippen molar-refractivity contribution in [1.29, 1.82) is 0 Å². The quantitative estimate of drug-likeness (QED) is 0.836. The minimum absolute atomic E-state index is 0.465. The standard InChI is InChI=1S/C12H17ClN2/c1-15-7-6-10(8-14)12(15)9-2-4-11(13)5-3-9/h2-5,10,12H,6-8,14H2,1H3. The summed E-state index contributed by atoms with van der Waals surface area (Å²) in [6.45, 7) is 1.90. The maximum atomic E-state index is 5.89. The third-order valence-electron chi connectivity index (χ3n) is 3.29. The van der Waals surface area contributed by atoms with Crippen molar-refractivity contribution in [3.63, 3.8) is 0 Å². The van der Waals surface area contributed by atoms with Gasteiger partial charge < -0.3 is 5.73 Å². The molecule has 82 valence electrons. The van der Waals surface area contributed by atoms with Gasteiger partial charge in [0.05, 0.1) is 0 Å². The van der Waals surface area contributed by atoms with Gasteiger partial charge in [-0.15, -0.1) is 0 Å². The average molecular weight is 225 g/mol. The van der Waals surface area contributed by atoms with Gasteiger partial charge in [-0.2, -0.15) is 0 Å². The number of rotatable bonds is 2. The number of benzene rings is 1. The summed E-state index contributed by atoms with van der Waals surface area (Å²) in [6, 6.07) is 8.59. The molecular formula is C12H17ClN2. The summed E-state index contributed by atoms with van der Waals surface area (Å²) in [4.78, 5) is 2.38. The molecule has 1 aromatic carbocycles. The highest BCUT2D eigenvalue weighted by atomic mass is 35.5. The zero-order valence-corrected chi connectivity index (χ0v) is 9.74. The van der Waals surface area contributed by atoms with Crippen LogP contribution >= 0.6 is 11.6 Å². The van der Waals surface area contributed by atoms with Crippen LogP contribution in [0.4, 0.5) is 0 Å². The van der Waals surface area contributed by atoms with Gasteiger partial charge in [0.1, 0.15) is 0 Å². The first-order valence-electron chi connectivity index (χ1n) is 5.38. The van der Waals surface area contributed by atoms with Crippen molar-refractivity contribution in [3.05, 3.63) is 34.9 Å². The van der Waals surface area contributed by atoms with Crippen molar-refractivity contribution >= 4 is 11.6 Å². The molecule has 15 heavy (non-hydrogen) atoms. The molecule has 1 saturated heterocycles. The minimum atomic E-state index is 0.465. The molecular weight excluding hydrogens is 208 g/mol. The van der Waals surface area contributed by atoms with E-state index < -0.39 is 0 Å². The fraction of sp³-hybridized carbons (Fsp3) is 0.500. The maximum Gasteiger partial charge on any atom is 0.0406 e. The lowest BCUT2D eigenvalue weighted by Gasteiger charge is -2.24. The molecule has 2 N–H and O–H groups in total. The maximum absolute atomic E-state index is 5.89. The lowest BCUT2D eigenvalue weighted by Crippen LogP contribution is -2.25. The molecule has 1 aromatic rings. The van der Waals surface area contributed by atoms with Crippen LogP contribution in [0.25, 0.3) is 0 Å². The Labute approximate surface area is 96.0 Å². The van der Waals surface area contributed by atoms with E-state index in [1.165, 1.54) is 12.0 Å². The van der Waals surface area contributed by atoms with Gasteiger partial charge in [0.25, 0.3) is 0 Å². The van der Waals surface area contributed by atoms with E-state index in [1.54, 1.807) is 0 Å². The first kappa shape index (κ1) is 10.9. The first-order valence-corrected chi connectivity index (χ1v) is 5.76. The third-order valence-corrected chi connectivity index (χ3v) is 3.54. The van der Waals surface area contributed by atoms with E-state index in [0.717, 1.165) is 18.1 Å². The van der Waals surface area contributed by atoms with Crippen LogP contribution in [0.2, 0.25) is 5.02 Å². The second-order valence-corrected chi connectivity index (χ2v) is 4.70. The highest BCUT2D eigenvalue weighted by Crippen LogP contribution is 2.35. The van der Waals surface area contributed by atoms with E-state index in [0.29, 0.717) is 12.0 Å². The van der Waals surface area contributed by atoms with Crippen molar-refractivity contribution in [2.24, 2.45) is 11.7 Å². The van der Waals surface area contributed by atoms with Gasteiger partial charge >= 0.3 is 0 Å². The Bertz CT molecular complexity index is 323. The molecule has 1 heterocycles.